The summed E-state index contributed by atoms with van der Waals surface area (Å²) in [5.41, 5.74) is 0. The van der Waals surface area contributed by atoms with Crippen LogP contribution in [0, 0.1) is 0 Å². The molecule has 0 saturated carbocycles. The van der Waals surface area contributed by atoms with Gasteiger partial charge in [-0.25, -0.2) is 0 Å². The number of hydrogen-bond donors (Lipinski definition) is 2. The molecule has 1 aliphatic rings. The Morgan fingerprint density at radius 1 is 1.31 bits per heavy atom. The molecule has 0 radical (unpaired) electrons. The van der Waals surface area contributed by atoms with Crippen LogP contribution in [-0.4, -0.2) is 63.3 Å². The highest BCUT2D eigenvalue weighted by Gasteiger charge is 2.22. The zero-order chi connectivity index (χ0) is 18.1. The molecule has 6 nitrogen and oxygen atoms in total. The smallest absolute Gasteiger partial charge is 0.191 e. The van der Waals surface area contributed by atoms with Crippen LogP contribution in [0.3, 0.4) is 0 Å². The van der Waals surface area contributed by atoms with Gasteiger partial charge in [0.05, 0.1) is 13.7 Å². The van der Waals surface area contributed by atoms with Crippen molar-refractivity contribution in [2.45, 2.75) is 38.8 Å². The molecule has 1 aliphatic heterocycles. The van der Waals surface area contributed by atoms with Crippen LogP contribution in [-0.2, 0) is 0 Å². The van der Waals surface area contributed by atoms with Gasteiger partial charge in [-0.1, -0.05) is 19.1 Å². The molecular weight excluding hydrogens is 443 g/mol. The largest absolute Gasteiger partial charge is 0.493 e. The van der Waals surface area contributed by atoms with Crippen LogP contribution < -0.4 is 20.1 Å². The van der Waals surface area contributed by atoms with Gasteiger partial charge in [0.2, 0.25) is 0 Å². The van der Waals surface area contributed by atoms with E-state index in [9.17, 15) is 0 Å². The third-order valence-electron chi connectivity index (χ3n) is 4.59. The molecule has 2 N–H and O–H groups in total. The van der Waals surface area contributed by atoms with E-state index in [4.69, 9.17) is 9.47 Å². The van der Waals surface area contributed by atoms with Gasteiger partial charge in [-0.3, -0.25) is 9.89 Å². The van der Waals surface area contributed by atoms with Crippen molar-refractivity contribution in [1.29, 1.82) is 0 Å². The normalized spacial score (nSPS) is 18.8. The molecule has 0 aliphatic carbocycles. The summed E-state index contributed by atoms with van der Waals surface area (Å²) in [6.45, 7) is 8.17. The lowest BCUT2D eigenvalue weighted by atomic mass is 10.2. The maximum absolute atomic E-state index is 5.97. The lowest BCUT2D eigenvalue weighted by molar-refractivity contribution is 0.213. The predicted octanol–water partition coefficient (Wildman–Crippen LogP) is 2.73. The van der Waals surface area contributed by atoms with Crippen LogP contribution in [0.2, 0.25) is 0 Å². The van der Waals surface area contributed by atoms with E-state index in [1.54, 1.807) is 14.2 Å². The van der Waals surface area contributed by atoms with Gasteiger partial charge in [-0.05, 0) is 45.0 Å². The zero-order valence-electron chi connectivity index (χ0n) is 16.3. The van der Waals surface area contributed by atoms with Gasteiger partial charge in [-0.2, -0.15) is 0 Å². The fourth-order valence-corrected chi connectivity index (χ4v) is 3.19. The molecule has 0 aromatic heterocycles. The number of halogens is 1. The highest BCUT2D eigenvalue weighted by molar-refractivity contribution is 14.0. The Hall–Kier alpha value is -1.22. The van der Waals surface area contributed by atoms with Gasteiger partial charge in [-0.15, -0.1) is 24.0 Å². The van der Waals surface area contributed by atoms with Gasteiger partial charge in [0.15, 0.2) is 17.5 Å². The molecule has 1 fully saturated rings. The van der Waals surface area contributed by atoms with E-state index in [2.05, 4.69) is 27.4 Å². The van der Waals surface area contributed by atoms with E-state index in [0.29, 0.717) is 12.6 Å². The molecular formula is C19H33IN4O2. The lowest BCUT2D eigenvalue weighted by Crippen LogP contribution is -2.46. The molecule has 148 valence electrons. The van der Waals surface area contributed by atoms with Crippen molar-refractivity contribution >= 4 is 29.9 Å². The Balaban J connectivity index is 0.00000338. The maximum Gasteiger partial charge on any atom is 0.191 e. The number of rotatable bonds is 8. The van der Waals surface area contributed by atoms with Gasteiger partial charge in [0.1, 0.15) is 6.10 Å². The van der Waals surface area contributed by atoms with Gasteiger partial charge < -0.3 is 20.1 Å². The minimum atomic E-state index is -0.00605. The minimum absolute atomic E-state index is 0. The van der Waals surface area contributed by atoms with E-state index >= 15 is 0 Å². The fraction of sp³-hybridized carbons (Fsp3) is 0.632. The minimum Gasteiger partial charge on any atom is -0.493 e. The maximum atomic E-state index is 5.97. The number of ether oxygens (including phenoxy) is 2. The number of nitrogens with one attached hydrogen (secondary N) is 2. The third kappa shape index (κ3) is 6.83. The van der Waals surface area contributed by atoms with Crippen LogP contribution in [0.25, 0.3) is 0 Å². The van der Waals surface area contributed by atoms with E-state index in [1.165, 1.54) is 19.4 Å². The second-order valence-electron chi connectivity index (χ2n) is 6.34. The summed E-state index contributed by atoms with van der Waals surface area (Å²) in [6, 6.07) is 8.30. The summed E-state index contributed by atoms with van der Waals surface area (Å²) in [5, 5.41) is 6.77. The second kappa shape index (κ2) is 12.2. The lowest BCUT2D eigenvalue weighted by Gasteiger charge is -2.24. The first-order chi connectivity index (χ1) is 12.2. The fourth-order valence-electron chi connectivity index (χ4n) is 3.19. The van der Waals surface area contributed by atoms with E-state index in [-0.39, 0.29) is 30.1 Å². The average Bonchev–Trinajstić information content (AvgIpc) is 3.10. The van der Waals surface area contributed by atoms with Gasteiger partial charge in [0.25, 0.3) is 0 Å². The number of benzene rings is 1. The van der Waals surface area contributed by atoms with Crippen LogP contribution in [0.4, 0.5) is 0 Å². The van der Waals surface area contributed by atoms with Crippen molar-refractivity contribution in [2.24, 2.45) is 4.99 Å². The summed E-state index contributed by atoms with van der Waals surface area (Å²) >= 11 is 0. The van der Waals surface area contributed by atoms with Crippen molar-refractivity contribution in [1.82, 2.24) is 15.5 Å². The summed E-state index contributed by atoms with van der Waals surface area (Å²) < 4.78 is 11.3. The first kappa shape index (κ1) is 22.8. The van der Waals surface area contributed by atoms with Gasteiger partial charge in [0, 0.05) is 19.6 Å². The Morgan fingerprint density at radius 3 is 2.69 bits per heavy atom. The molecule has 0 spiro atoms. The first-order valence-electron chi connectivity index (χ1n) is 9.16. The van der Waals surface area contributed by atoms with Crippen LogP contribution in [0.5, 0.6) is 11.5 Å². The number of guanidine groups is 1. The number of para-hydroxylation sites is 2. The van der Waals surface area contributed by atoms with E-state index in [1.807, 2.05) is 31.2 Å². The summed E-state index contributed by atoms with van der Waals surface area (Å²) in [6.07, 6.45) is 2.54. The van der Waals surface area contributed by atoms with Crippen molar-refractivity contribution in [3.8, 4) is 11.5 Å². The highest BCUT2D eigenvalue weighted by atomic mass is 127. The molecule has 7 heteroatoms. The standard InChI is InChI=1S/C19H32N4O2.HI/c1-5-23-12-8-9-16(23)14-22-19(20-3)21-13-15(2)25-18-11-7-6-10-17(18)24-4;/h6-7,10-11,15-16H,5,8-9,12-14H2,1-4H3,(H2,20,21,22);1H. The van der Waals surface area contributed by atoms with Crippen molar-refractivity contribution in [3.05, 3.63) is 24.3 Å². The van der Waals surface area contributed by atoms with Crippen LogP contribution >= 0.6 is 24.0 Å². The van der Waals surface area contributed by atoms with Crippen LogP contribution in [0.15, 0.2) is 29.3 Å². The first-order valence-corrected chi connectivity index (χ1v) is 9.16. The molecule has 1 saturated heterocycles. The highest BCUT2D eigenvalue weighted by Crippen LogP contribution is 2.26. The van der Waals surface area contributed by atoms with Crippen LogP contribution in [0.1, 0.15) is 26.7 Å². The monoisotopic (exact) mass is 476 g/mol. The number of likely N-dealkylation sites (N-methyl/N-ethyl adjacent to an activating group) is 1. The van der Waals surface area contributed by atoms with Crippen molar-refractivity contribution in [2.75, 3.05) is 40.3 Å². The Bertz CT molecular complexity index is 556. The molecule has 0 bridgehead atoms. The quantitative estimate of drug-likeness (QED) is 0.344. The molecule has 26 heavy (non-hydrogen) atoms. The Morgan fingerprint density at radius 2 is 2.04 bits per heavy atom. The summed E-state index contributed by atoms with van der Waals surface area (Å²) in [4.78, 5) is 6.83. The van der Waals surface area contributed by atoms with E-state index < -0.39 is 0 Å². The topological polar surface area (TPSA) is 58.1 Å². The molecule has 1 aromatic carbocycles. The number of hydrogen-bond acceptors (Lipinski definition) is 4. The van der Waals surface area contributed by atoms with E-state index in [0.717, 1.165) is 30.5 Å². The number of likely N-dealkylation sites (tertiary alicyclic amines) is 1. The van der Waals surface area contributed by atoms with Crippen molar-refractivity contribution < 1.29 is 9.47 Å². The van der Waals surface area contributed by atoms with Crippen molar-refractivity contribution in [3.63, 3.8) is 0 Å². The average molecular weight is 476 g/mol. The molecule has 0 amide bonds. The molecule has 2 atom stereocenters. The SMILES string of the molecule is CCN1CCCC1CNC(=NC)NCC(C)Oc1ccccc1OC.I. The molecule has 2 rings (SSSR count). The third-order valence-corrected chi connectivity index (χ3v) is 4.59. The number of aliphatic imine (C=N–C) groups is 1. The molecule has 1 heterocycles. The number of methoxy groups -OCH3 is 1. The molecule has 2 unspecified atom stereocenters. The summed E-state index contributed by atoms with van der Waals surface area (Å²) in [7, 11) is 3.45. The molecule has 1 aromatic rings. The summed E-state index contributed by atoms with van der Waals surface area (Å²) in [5.74, 6) is 2.32. The second-order valence-corrected chi connectivity index (χ2v) is 6.34. The Kier molecular flexibility index (Phi) is 10.7. The predicted molar refractivity (Wildman–Crippen MR) is 118 cm³/mol. The zero-order valence-corrected chi connectivity index (χ0v) is 18.7. The van der Waals surface area contributed by atoms with Gasteiger partial charge >= 0.3 is 0 Å². The number of nitrogens with zero attached hydrogens (tertiary/aromatic N) is 2. The Labute approximate surface area is 174 Å².